The molecule has 2 aromatic rings. The molecule has 0 bridgehead atoms. The van der Waals surface area contributed by atoms with E-state index in [1.165, 1.54) is 5.52 Å². The monoisotopic (exact) mass is 261 g/mol. The molecule has 4 heteroatoms. The molecule has 1 aromatic heterocycles. The highest BCUT2D eigenvalue weighted by atomic mass is 16.5. The largest absolute Gasteiger partial charge is 0.380 e. The molecular formula is C15H23N3O. The number of hydrogen-bond donors (Lipinski definition) is 1. The fraction of sp³-hybridized carbons (Fsp3) is 0.533. The highest BCUT2D eigenvalue weighted by molar-refractivity contribution is 5.75. The topological polar surface area (TPSA) is 39.1 Å². The number of imidazole rings is 1. The van der Waals surface area contributed by atoms with Gasteiger partial charge in [-0.2, -0.15) is 0 Å². The molecule has 0 spiro atoms. The van der Waals surface area contributed by atoms with Crippen LogP contribution in [0, 0.1) is 0 Å². The molecule has 0 aliphatic heterocycles. The Bertz CT molecular complexity index is 507. The minimum atomic E-state index is 0.754. The maximum Gasteiger partial charge on any atom is 0.123 e. The lowest BCUT2D eigenvalue weighted by Crippen LogP contribution is -2.21. The van der Waals surface area contributed by atoms with Crippen LogP contribution in [0.3, 0.4) is 0 Å². The van der Waals surface area contributed by atoms with Gasteiger partial charge in [0, 0.05) is 19.7 Å². The lowest BCUT2D eigenvalue weighted by molar-refractivity contribution is 0.149. The van der Waals surface area contributed by atoms with Crippen molar-refractivity contribution in [3.05, 3.63) is 30.1 Å². The second-order valence-corrected chi connectivity index (χ2v) is 4.54. The molecule has 0 radical (unpaired) electrons. The first-order valence-corrected chi connectivity index (χ1v) is 7.09. The number of fused-ring (bicyclic) bond motifs is 1. The lowest BCUT2D eigenvalue weighted by Gasteiger charge is -2.08. The number of aromatic nitrogens is 2. The van der Waals surface area contributed by atoms with Gasteiger partial charge in [-0.1, -0.05) is 19.1 Å². The Balaban J connectivity index is 2.06. The number of nitrogens with one attached hydrogen (secondary N) is 1. The summed E-state index contributed by atoms with van der Waals surface area (Å²) in [6.07, 6.45) is 1.12. The van der Waals surface area contributed by atoms with E-state index in [2.05, 4.69) is 35.0 Å². The third-order valence-electron chi connectivity index (χ3n) is 3.09. The van der Waals surface area contributed by atoms with E-state index in [9.17, 15) is 0 Å². The molecule has 104 valence electrons. The quantitative estimate of drug-likeness (QED) is 0.742. The van der Waals surface area contributed by atoms with E-state index >= 15 is 0 Å². The van der Waals surface area contributed by atoms with Crippen molar-refractivity contribution in [1.82, 2.24) is 14.9 Å². The van der Waals surface area contributed by atoms with E-state index < -0.39 is 0 Å². The number of benzene rings is 1. The van der Waals surface area contributed by atoms with E-state index in [0.29, 0.717) is 0 Å². The highest BCUT2D eigenvalue weighted by Gasteiger charge is 2.08. The van der Waals surface area contributed by atoms with Gasteiger partial charge in [0.05, 0.1) is 24.2 Å². The van der Waals surface area contributed by atoms with Gasteiger partial charge in [-0.25, -0.2) is 4.98 Å². The van der Waals surface area contributed by atoms with Crippen LogP contribution in [-0.2, 0) is 17.8 Å². The summed E-state index contributed by atoms with van der Waals surface area (Å²) < 4.78 is 7.63. The second kappa shape index (κ2) is 7.26. The summed E-state index contributed by atoms with van der Waals surface area (Å²) in [7, 11) is 0. The number of nitrogens with zero attached hydrogens (tertiary/aromatic N) is 2. The summed E-state index contributed by atoms with van der Waals surface area (Å²) in [5, 5.41) is 3.39. The molecule has 0 fully saturated rings. The maximum absolute atomic E-state index is 5.32. The normalized spacial score (nSPS) is 11.3. The summed E-state index contributed by atoms with van der Waals surface area (Å²) in [5.74, 6) is 1.11. The Morgan fingerprint density at radius 1 is 1.26 bits per heavy atom. The summed E-state index contributed by atoms with van der Waals surface area (Å²) in [6, 6.07) is 8.33. The summed E-state index contributed by atoms with van der Waals surface area (Å²) in [6.45, 7) is 8.41. The molecule has 0 aliphatic rings. The third-order valence-corrected chi connectivity index (χ3v) is 3.09. The molecule has 0 unspecified atom stereocenters. The molecule has 1 heterocycles. The zero-order chi connectivity index (χ0) is 13.5. The van der Waals surface area contributed by atoms with Crippen LogP contribution in [0.2, 0.25) is 0 Å². The number of aryl methyl sites for hydroxylation is 1. The van der Waals surface area contributed by atoms with E-state index in [1.807, 2.05) is 13.0 Å². The van der Waals surface area contributed by atoms with Gasteiger partial charge in [-0.3, -0.25) is 0 Å². The van der Waals surface area contributed by atoms with E-state index in [1.54, 1.807) is 0 Å². The third kappa shape index (κ3) is 3.55. The zero-order valence-corrected chi connectivity index (χ0v) is 11.9. The van der Waals surface area contributed by atoms with Crippen LogP contribution in [0.5, 0.6) is 0 Å². The second-order valence-electron chi connectivity index (χ2n) is 4.54. The van der Waals surface area contributed by atoms with Crippen LogP contribution in [-0.4, -0.2) is 29.3 Å². The van der Waals surface area contributed by atoms with Crippen molar-refractivity contribution < 1.29 is 4.74 Å². The Morgan fingerprint density at radius 2 is 2.11 bits per heavy atom. The first-order chi connectivity index (χ1) is 9.36. The molecule has 2 rings (SSSR count). The van der Waals surface area contributed by atoms with Crippen molar-refractivity contribution in [3.8, 4) is 0 Å². The van der Waals surface area contributed by atoms with Crippen LogP contribution in [0.15, 0.2) is 24.3 Å². The van der Waals surface area contributed by atoms with Crippen molar-refractivity contribution in [2.75, 3.05) is 19.8 Å². The minimum Gasteiger partial charge on any atom is -0.380 e. The predicted molar refractivity (Wildman–Crippen MR) is 78.2 cm³/mol. The van der Waals surface area contributed by atoms with Crippen LogP contribution >= 0.6 is 0 Å². The van der Waals surface area contributed by atoms with E-state index in [0.717, 1.165) is 50.6 Å². The average molecular weight is 261 g/mol. The molecule has 1 aromatic carbocycles. The van der Waals surface area contributed by atoms with Crippen LogP contribution in [0.1, 0.15) is 26.1 Å². The Hall–Kier alpha value is -1.39. The van der Waals surface area contributed by atoms with Crippen LogP contribution in [0.25, 0.3) is 11.0 Å². The van der Waals surface area contributed by atoms with Gasteiger partial charge in [-0.15, -0.1) is 0 Å². The lowest BCUT2D eigenvalue weighted by atomic mass is 10.3. The molecular weight excluding hydrogens is 238 g/mol. The molecule has 0 saturated heterocycles. The van der Waals surface area contributed by atoms with Crippen molar-refractivity contribution in [2.24, 2.45) is 0 Å². The first kappa shape index (κ1) is 14.0. The van der Waals surface area contributed by atoms with Gasteiger partial charge in [0.25, 0.3) is 0 Å². The summed E-state index contributed by atoms with van der Waals surface area (Å²) in [4.78, 5) is 4.71. The van der Waals surface area contributed by atoms with Crippen molar-refractivity contribution >= 4 is 11.0 Å². The smallest absolute Gasteiger partial charge is 0.123 e. The Morgan fingerprint density at radius 3 is 2.89 bits per heavy atom. The Labute approximate surface area is 114 Å². The van der Waals surface area contributed by atoms with E-state index in [4.69, 9.17) is 9.72 Å². The molecule has 19 heavy (non-hydrogen) atoms. The first-order valence-electron chi connectivity index (χ1n) is 7.09. The summed E-state index contributed by atoms with van der Waals surface area (Å²) >= 11 is 0. The fourth-order valence-corrected chi connectivity index (χ4v) is 2.22. The maximum atomic E-state index is 5.32. The SMILES string of the molecule is CCCn1c(CNCCOCC)nc2ccccc21. The van der Waals surface area contributed by atoms with Gasteiger partial charge in [-0.05, 0) is 25.5 Å². The number of rotatable bonds is 8. The predicted octanol–water partition coefficient (Wildman–Crippen LogP) is 2.57. The highest BCUT2D eigenvalue weighted by Crippen LogP contribution is 2.16. The number of para-hydroxylation sites is 2. The number of hydrogen-bond acceptors (Lipinski definition) is 3. The van der Waals surface area contributed by atoms with Crippen LogP contribution < -0.4 is 5.32 Å². The minimum absolute atomic E-state index is 0.754. The zero-order valence-electron chi connectivity index (χ0n) is 11.9. The molecule has 0 aliphatic carbocycles. The summed E-state index contributed by atoms with van der Waals surface area (Å²) in [5.41, 5.74) is 2.31. The molecule has 4 nitrogen and oxygen atoms in total. The van der Waals surface area contributed by atoms with Crippen molar-refractivity contribution in [1.29, 1.82) is 0 Å². The van der Waals surface area contributed by atoms with Gasteiger partial charge < -0.3 is 14.6 Å². The molecule has 1 N–H and O–H groups in total. The van der Waals surface area contributed by atoms with Crippen molar-refractivity contribution in [3.63, 3.8) is 0 Å². The Kier molecular flexibility index (Phi) is 5.36. The van der Waals surface area contributed by atoms with E-state index in [-0.39, 0.29) is 0 Å². The average Bonchev–Trinajstić information content (AvgIpc) is 2.78. The number of ether oxygens (including phenoxy) is 1. The van der Waals surface area contributed by atoms with Gasteiger partial charge in [0.15, 0.2) is 0 Å². The fourth-order valence-electron chi connectivity index (χ4n) is 2.22. The van der Waals surface area contributed by atoms with Gasteiger partial charge >= 0.3 is 0 Å². The van der Waals surface area contributed by atoms with Gasteiger partial charge in [0.2, 0.25) is 0 Å². The van der Waals surface area contributed by atoms with Gasteiger partial charge in [0.1, 0.15) is 5.82 Å². The van der Waals surface area contributed by atoms with Crippen molar-refractivity contribution in [2.45, 2.75) is 33.4 Å². The van der Waals surface area contributed by atoms with Crippen LogP contribution in [0.4, 0.5) is 0 Å². The molecule has 0 atom stereocenters. The molecule has 0 amide bonds. The standard InChI is InChI=1S/C15H23N3O/c1-3-10-18-14-8-6-5-7-13(14)17-15(18)12-16-9-11-19-4-2/h5-8,16H,3-4,9-12H2,1-2H3. The molecule has 0 saturated carbocycles.